The van der Waals surface area contributed by atoms with Crippen LogP contribution in [0.5, 0.6) is 0 Å². The number of H-pyrrole nitrogens is 1. The zero-order chi connectivity index (χ0) is 20.8. The summed E-state index contributed by atoms with van der Waals surface area (Å²) in [4.78, 5) is 5.34. The lowest BCUT2D eigenvalue weighted by atomic mass is 10.0. The Hall–Kier alpha value is -2.20. The van der Waals surface area contributed by atoms with Gasteiger partial charge in [0.15, 0.2) is 15.7 Å². The summed E-state index contributed by atoms with van der Waals surface area (Å²) in [5, 5.41) is 0. The van der Waals surface area contributed by atoms with E-state index in [-0.39, 0.29) is 11.4 Å². The highest BCUT2D eigenvalue weighted by atomic mass is 79.9. The van der Waals surface area contributed by atoms with Gasteiger partial charge in [-0.25, -0.2) is 31.0 Å². The second kappa shape index (κ2) is 7.32. The summed E-state index contributed by atoms with van der Waals surface area (Å²) in [6.45, 7) is 1.82. The van der Waals surface area contributed by atoms with Crippen LogP contribution in [-0.4, -0.2) is 24.6 Å². The summed E-state index contributed by atoms with van der Waals surface area (Å²) in [5.74, 6) is -2.99. The van der Waals surface area contributed by atoms with Crippen LogP contribution in [0.1, 0.15) is 17.8 Å². The third-order valence-electron chi connectivity index (χ3n) is 4.06. The number of aromatic nitrogens is 2. The molecular weight excluding hydrogens is 464 g/mol. The first-order valence-electron chi connectivity index (χ1n) is 7.83. The molecule has 0 saturated carbocycles. The monoisotopic (exact) mass is 476 g/mol. The van der Waals surface area contributed by atoms with Gasteiger partial charge in [0.25, 0.3) is 6.43 Å². The number of aryl methyl sites for hydroxylation is 1. The third-order valence-corrected chi connectivity index (χ3v) is 6.03. The lowest BCUT2D eigenvalue weighted by molar-refractivity contribution is 0.141. The number of rotatable bonds is 4. The fraction of sp³-hybridized carbons (Fsp3) is 0.167. The minimum absolute atomic E-state index is 0.0126. The van der Waals surface area contributed by atoms with Crippen molar-refractivity contribution in [3.8, 4) is 22.5 Å². The highest BCUT2D eigenvalue weighted by Gasteiger charge is 2.24. The molecule has 0 bridgehead atoms. The lowest BCUT2D eigenvalue weighted by Crippen LogP contribution is -2.03. The molecule has 1 N–H and O–H groups in total. The number of aromatic amines is 1. The van der Waals surface area contributed by atoms with Gasteiger partial charge in [0.1, 0.15) is 16.5 Å². The molecule has 0 unspecified atom stereocenters. The Morgan fingerprint density at radius 3 is 2.36 bits per heavy atom. The molecule has 1 aromatic heterocycles. The van der Waals surface area contributed by atoms with Gasteiger partial charge in [-0.2, -0.15) is 0 Å². The summed E-state index contributed by atoms with van der Waals surface area (Å²) in [6.07, 6.45) is -2.23. The fourth-order valence-electron chi connectivity index (χ4n) is 2.64. The number of nitrogens with one attached hydrogen (secondary N) is 1. The molecule has 28 heavy (non-hydrogen) atoms. The van der Waals surface area contributed by atoms with Gasteiger partial charge in [0, 0.05) is 21.9 Å². The molecule has 4 nitrogen and oxygen atoms in total. The minimum atomic E-state index is -4.00. The van der Waals surface area contributed by atoms with Crippen molar-refractivity contribution in [2.45, 2.75) is 18.2 Å². The molecular formula is C18H13BrF4N2O2S. The van der Waals surface area contributed by atoms with E-state index >= 15 is 0 Å². The Morgan fingerprint density at radius 1 is 1.11 bits per heavy atom. The molecule has 0 aliphatic carbocycles. The third kappa shape index (κ3) is 3.83. The summed E-state index contributed by atoms with van der Waals surface area (Å²) < 4.78 is 79.1. The van der Waals surface area contributed by atoms with Crippen LogP contribution >= 0.6 is 15.9 Å². The maximum Gasteiger partial charge on any atom is 0.295 e. The predicted molar refractivity (Wildman–Crippen MR) is 99.9 cm³/mol. The SMILES string of the molecule is Cc1ccc(-c2nc(C(F)F)[nH]c2-c2cc(F)c(S(C)(=O)=O)cc2F)cc1Br. The van der Waals surface area contributed by atoms with Crippen LogP contribution in [0.4, 0.5) is 17.6 Å². The van der Waals surface area contributed by atoms with E-state index in [9.17, 15) is 26.0 Å². The zero-order valence-corrected chi connectivity index (χ0v) is 16.9. The largest absolute Gasteiger partial charge is 0.337 e. The molecule has 3 rings (SSSR count). The topological polar surface area (TPSA) is 62.8 Å². The van der Waals surface area contributed by atoms with Crippen molar-refractivity contribution in [2.75, 3.05) is 6.26 Å². The van der Waals surface area contributed by atoms with E-state index in [2.05, 4.69) is 25.9 Å². The van der Waals surface area contributed by atoms with Crippen LogP contribution < -0.4 is 0 Å². The Balaban J connectivity index is 2.27. The normalized spacial score (nSPS) is 12.0. The maximum atomic E-state index is 14.6. The van der Waals surface area contributed by atoms with Crippen molar-refractivity contribution in [1.82, 2.24) is 9.97 Å². The number of sulfone groups is 1. The van der Waals surface area contributed by atoms with Gasteiger partial charge in [0.2, 0.25) is 0 Å². The van der Waals surface area contributed by atoms with E-state index in [1.807, 2.05) is 6.92 Å². The van der Waals surface area contributed by atoms with Crippen LogP contribution in [0, 0.1) is 18.6 Å². The molecule has 0 aliphatic rings. The number of benzene rings is 2. The van der Waals surface area contributed by atoms with Crippen molar-refractivity contribution in [1.29, 1.82) is 0 Å². The maximum absolute atomic E-state index is 14.6. The predicted octanol–water partition coefficient (Wildman–Crippen LogP) is 5.43. The van der Waals surface area contributed by atoms with Gasteiger partial charge < -0.3 is 4.98 Å². The first-order chi connectivity index (χ1) is 13.0. The van der Waals surface area contributed by atoms with Crippen LogP contribution in [0.25, 0.3) is 22.5 Å². The van der Waals surface area contributed by atoms with Crippen molar-refractivity contribution in [3.63, 3.8) is 0 Å². The lowest BCUT2D eigenvalue weighted by Gasteiger charge is -2.09. The number of alkyl halides is 2. The van der Waals surface area contributed by atoms with Crippen LogP contribution in [0.2, 0.25) is 0 Å². The van der Waals surface area contributed by atoms with E-state index in [1.54, 1.807) is 18.2 Å². The Bertz CT molecular complexity index is 1180. The molecule has 2 aromatic carbocycles. The molecule has 0 saturated heterocycles. The molecule has 0 fully saturated rings. The van der Waals surface area contributed by atoms with E-state index in [0.29, 0.717) is 22.2 Å². The molecule has 148 valence electrons. The quantitative estimate of drug-likeness (QED) is 0.510. The van der Waals surface area contributed by atoms with Gasteiger partial charge in [-0.1, -0.05) is 28.1 Å². The summed E-state index contributed by atoms with van der Waals surface area (Å²) in [6, 6.07) is 6.11. The van der Waals surface area contributed by atoms with Gasteiger partial charge in [0.05, 0.1) is 11.4 Å². The molecule has 0 amide bonds. The second-order valence-electron chi connectivity index (χ2n) is 6.14. The van der Waals surface area contributed by atoms with Crippen molar-refractivity contribution in [2.24, 2.45) is 0 Å². The Morgan fingerprint density at radius 2 is 1.79 bits per heavy atom. The smallest absolute Gasteiger partial charge is 0.295 e. The van der Waals surface area contributed by atoms with Gasteiger partial charge in [-0.3, -0.25) is 0 Å². The fourth-order valence-corrected chi connectivity index (χ4v) is 3.75. The molecule has 0 radical (unpaired) electrons. The number of halogens is 5. The summed E-state index contributed by atoms with van der Waals surface area (Å²) in [5.41, 5.74) is 0.673. The van der Waals surface area contributed by atoms with Crippen molar-refractivity contribution in [3.05, 3.63) is 57.8 Å². The molecule has 1 heterocycles. The number of hydrogen-bond acceptors (Lipinski definition) is 3. The van der Waals surface area contributed by atoms with Crippen molar-refractivity contribution < 1.29 is 26.0 Å². The van der Waals surface area contributed by atoms with E-state index in [0.717, 1.165) is 11.8 Å². The summed E-state index contributed by atoms with van der Waals surface area (Å²) in [7, 11) is -4.00. The zero-order valence-electron chi connectivity index (χ0n) is 14.5. The van der Waals surface area contributed by atoms with E-state index in [1.165, 1.54) is 0 Å². The molecule has 0 atom stereocenters. The van der Waals surface area contributed by atoms with Gasteiger partial charge in [-0.05, 0) is 30.7 Å². The molecule has 3 aromatic rings. The van der Waals surface area contributed by atoms with E-state index < -0.39 is 44.2 Å². The molecule has 0 spiro atoms. The number of nitrogens with zero attached hydrogens (tertiary/aromatic N) is 1. The van der Waals surface area contributed by atoms with E-state index in [4.69, 9.17) is 0 Å². The van der Waals surface area contributed by atoms with Crippen LogP contribution in [0.15, 0.2) is 39.7 Å². The highest BCUT2D eigenvalue weighted by Crippen LogP contribution is 2.36. The highest BCUT2D eigenvalue weighted by molar-refractivity contribution is 9.10. The van der Waals surface area contributed by atoms with Crippen molar-refractivity contribution >= 4 is 25.8 Å². The first-order valence-corrected chi connectivity index (χ1v) is 10.5. The standard InChI is InChI=1S/C18H13BrF4N2O2S/c1-8-3-4-9(5-11(8)19)15-16(25-18(24-15)17(22)23)10-6-13(21)14(7-12(10)20)28(2,26)27/h3-7,17H,1-2H3,(H,24,25). The average molecular weight is 477 g/mol. The Labute approximate surface area is 166 Å². The van der Waals surface area contributed by atoms with Crippen LogP contribution in [-0.2, 0) is 9.84 Å². The minimum Gasteiger partial charge on any atom is -0.337 e. The molecule has 0 aliphatic heterocycles. The second-order valence-corrected chi connectivity index (χ2v) is 8.98. The van der Waals surface area contributed by atoms with Crippen LogP contribution in [0.3, 0.4) is 0 Å². The number of imidazole rings is 1. The number of hydrogen-bond donors (Lipinski definition) is 1. The first kappa shape index (κ1) is 20.5. The molecule has 10 heteroatoms. The van der Waals surface area contributed by atoms with Gasteiger partial charge >= 0.3 is 0 Å². The summed E-state index contributed by atoms with van der Waals surface area (Å²) >= 11 is 3.33. The Kier molecular flexibility index (Phi) is 5.37. The average Bonchev–Trinajstić information content (AvgIpc) is 3.03. The van der Waals surface area contributed by atoms with Gasteiger partial charge in [-0.15, -0.1) is 0 Å².